The van der Waals surface area contributed by atoms with Gasteiger partial charge in [0.2, 0.25) is 0 Å². The van der Waals surface area contributed by atoms with Crippen LogP contribution in [0.2, 0.25) is 0 Å². The minimum atomic E-state index is -1.32. The topological polar surface area (TPSA) is 69.0 Å². The Hall–Kier alpha value is -1.36. The molecule has 1 aromatic rings. The number of halogens is 2. The smallest absolute Gasteiger partial charge is 0.130 e. The Balaban J connectivity index is 2.76. The van der Waals surface area contributed by atoms with Crippen LogP contribution in [-0.4, -0.2) is 11.7 Å². The summed E-state index contributed by atoms with van der Waals surface area (Å²) in [4.78, 5) is 2.48. The van der Waals surface area contributed by atoms with Gasteiger partial charge in [-0.1, -0.05) is 33.2 Å². The fourth-order valence-corrected chi connectivity index (χ4v) is 1.34. The van der Waals surface area contributed by atoms with Gasteiger partial charge in [0.1, 0.15) is 11.9 Å². The van der Waals surface area contributed by atoms with Crippen molar-refractivity contribution in [2.45, 2.75) is 6.10 Å². The van der Waals surface area contributed by atoms with Crippen LogP contribution >= 0.6 is 15.9 Å². The van der Waals surface area contributed by atoms with Crippen molar-refractivity contribution in [1.82, 2.24) is 0 Å². The van der Waals surface area contributed by atoms with Gasteiger partial charge in [0, 0.05) is 15.9 Å². The molecule has 1 N–H and O–H groups in total. The Morgan fingerprint density at radius 1 is 1.56 bits per heavy atom. The average molecular weight is 286 g/mol. The molecule has 0 aromatic heterocycles. The van der Waals surface area contributed by atoms with Gasteiger partial charge in [-0.2, -0.15) is 0 Å². The van der Waals surface area contributed by atoms with E-state index in [9.17, 15) is 9.50 Å². The van der Waals surface area contributed by atoms with Crippen LogP contribution in [0.3, 0.4) is 0 Å². The summed E-state index contributed by atoms with van der Waals surface area (Å²) < 4.78 is 14.2. The van der Waals surface area contributed by atoms with Gasteiger partial charge >= 0.3 is 0 Å². The number of aliphatic hydroxyl groups excluding tert-OH is 1. The Morgan fingerprint density at radius 3 is 2.75 bits per heavy atom. The quantitative estimate of drug-likeness (QED) is 0.512. The molecular weight excluding hydrogens is 277 g/mol. The predicted octanol–water partition coefficient (Wildman–Crippen LogP) is 3.65. The molecule has 1 rings (SSSR count). The lowest BCUT2D eigenvalue weighted by Gasteiger charge is -2.08. The molecule has 1 aromatic carbocycles. The average Bonchev–Trinajstić information content (AvgIpc) is 2.29. The number of aliphatic hydroxyl groups is 1. The van der Waals surface area contributed by atoms with Crippen molar-refractivity contribution in [2.24, 2.45) is 5.11 Å². The van der Waals surface area contributed by atoms with E-state index in [0.29, 0.717) is 5.56 Å². The highest BCUT2D eigenvalue weighted by atomic mass is 79.9. The van der Waals surface area contributed by atoms with Crippen molar-refractivity contribution in [2.75, 3.05) is 6.54 Å². The summed E-state index contributed by atoms with van der Waals surface area (Å²) >= 11 is 3.24. The van der Waals surface area contributed by atoms with Gasteiger partial charge in [-0.15, -0.1) is 0 Å². The molecular formula is C10H9BrFN3O. The third kappa shape index (κ3) is 3.66. The molecule has 0 fully saturated rings. The van der Waals surface area contributed by atoms with Crippen molar-refractivity contribution in [3.63, 3.8) is 0 Å². The van der Waals surface area contributed by atoms with E-state index in [4.69, 9.17) is 5.53 Å². The van der Waals surface area contributed by atoms with E-state index in [1.54, 1.807) is 24.3 Å². The van der Waals surface area contributed by atoms with Gasteiger partial charge in [-0.25, -0.2) is 4.39 Å². The highest BCUT2D eigenvalue weighted by molar-refractivity contribution is 9.10. The Labute approximate surface area is 100 Å². The van der Waals surface area contributed by atoms with Gasteiger partial charge < -0.3 is 5.11 Å². The van der Waals surface area contributed by atoms with Gasteiger partial charge in [-0.05, 0) is 29.3 Å². The molecule has 0 bridgehead atoms. The number of hydrogen-bond acceptors (Lipinski definition) is 2. The van der Waals surface area contributed by atoms with Gasteiger partial charge in [0.15, 0.2) is 0 Å². The zero-order valence-corrected chi connectivity index (χ0v) is 9.80. The van der Waals surface area contributed by atoms with E-state index in [1.807, 2.05) is 0 Å². The molecule has 16 heavy (non-hydrogen) atoms. The second kappa shape index (κ2) is 6.27. The number of nitrogens with zero attached hydrogens (tertiary/aromatic N) is 3. The molecule has 1 atom stereocenters. The van der Waals surface area contributed by atoms with Crippen molar-refractivity contribution >= 4 is 15.9 Å². The fourth-order valence-electron chi connectivity index (χ4n) is 1.08. The lowest BCUT2D eigenvalue weighted by atomic mass is 10.1. The first-order valence-electron chi connectivity index (χ1n) is 4.45. The van der Waals surface area contributed by atoms with Crippen molar-refractivity contribution in [3.8, 4) is 0 Å². The molecule has 6 heteroatoms. The van der Waals surface area contributed by atoms with Crippen molar-refractivity contribution in [3.05, 3.63) is 56.6 Å². The fraction of sp³-hybridized carbons (Fsp3) is 0.200. The molecule has 0 saturated carbocycles. The normalized spacial score (nSPS) is 13.1. The van der Waals surface area contributed by atoms with E-state index in [2.05, 4.69) is 26.0 Å². The van der Waals surface area contributed by atoms with Crippen LogP contribution in [0.25, 0.3) is 10.4 Å². The SMILES string of the molecule is [N-]=[N+]=NC/C=C(\F)C(O)c1ccc(Br)cc1. The zero-order chi connectivity index (χ0) is 12.0. The maximum Gasteiger partial charge on any atom is 0.130 e. The lowest BCUT2D eigenvalue weighted by Crippen LogP contribution is -1.98. The maximum atomic E-state index is 13.3. The van der Waals surface area contributed by atoms with Crippen LogP contribution in [-0.2, 0) is 0 Å². The molecule has 0 aliphatic rings. The first-order valence-corrected chi connectivity index (χ1v) is 5.24. The molecule has 4 nitrogen and oxygen atoms in total. The highest BCUT2D eigenvalue weighted by Crippen LogP contribution is 2.23. The highest BCUT2D eigenvalue weighted by Gasteiger charge is 2.12. The Bertz CT molecular complexity index is 426. The third-order valence-electron chi connectivity index (χ3n) is 1.88. The summed E-state index contributed by atoms with van der Waals surface area (Å²) in [6, 6.07) is 6.63. The van der Waals surface area contributed by atoms with E-state index < -0.39 is 11.9 Å². The molecule has 1 unspecified atom stereocenters. The first kappa shape index (κ1) is 12.7. The summed E-state index contributed by atoms with van der Waals surface area (Å²) in [6.07, 6.45) is -0.270. The van der Waals surface area contributed by atoms with Crippen LogP contribution in [0, 0.1) is 0 Å². The van der Waals surface area contributed by atoms with Crippen LogP contribution in [0.1, 0.15) is 11.7 Å². The van der Waals surface area contributed by atoms with Gasteiger partial charge in [-0.3, -0.25) is 0 Å². The molecule has 0 amide bonds. The number of rotatable bonds is 4. The number of hydrogen-bond donors (Lipinski definition) is 1. The lowest BCUT2D eigenvalue weighted by molar-refractivity contribution is 0.185. The largest absolute Gasteiger partial charge is 0.381 e. The third-order valence-corrected chi connectivity index (χ3v) is 2.41. The van der Waals surface area contributed by atoms with Gasteiger partial charge in [0.05, 0.1) is 0 Å². The molecule has 0 radical (unpaired) electrons. The minimum absolute atomic E-state index is 0.115. The maximum absolute atomic E-state index is 13.3. The minimum Gasteiger partial charge on any atom is -0.381 e. The standard InChI is InChI=1S/C10H9BrFN3O/c11-8-3-1-7(2-4-8)10(16)9(12)5-6-14-15-13/h1-5,10,16H,6H2/b9-5-. The summed E-state index contributed by atoms with van der Waals surface area (Å²) in [7, 11) is 0. The van der Waals surface area contributed by atoms with E-state index in [0.717, 1.165) is 10.5 Å². The van der Waals surface area contributed by atoms with Crippen LogP contribution in [0.5, 0.6) is 0 Å². The van der Waals surface area contributed by atoms with Crippen LogP contribution < -0.4 is 0 Å². The van der Waals surface area contributed by atoms with Crippen molar-refractivity contribution < 1.29 is 9.50 Å². The van der Waals surface area contributed by atoms with E-state index in [1.165, 1.54) is 0 Å². The predicted molar refractivity (Wildman–Crippen MR) is 62.3 cm³/mol. The Morgan fingerprint density at radius 2 is 2.19 bits per heavy atom. The summed E-state index contributed by atoms with van der Waals surface area (Å²) in [6.45, 7) is -0.115. The summed E-state index contributed by atoms with van der Waals surface area (Å²) in [5, 5.41) is 12.7. The van der Waals surface area contributed by atoms with Gasteiger partial charge in [0.25, 0.3) is 0 Å². The Kier molecular flexibility index (Phi) is 4.98. The molecule has 0 aliphatic heterocycles. The molecule has 0 spiro atoms. The van der Waals surface area contributed by atoms with E-state index >= 15 is 0 Å². The molecule has 0 saturated heterocycles. The zero-order valence-electron chi connectivity index (χ0n) is 8.22. The molecule has 84 valence electrons. The number of azide groups is 1. The van der Waals surface area contributed by atoms with Crippen LogP contribution in [0.15, 0.2) is 45.8 Å². The molecule has 0 aliphatic carbocycles. The second-order valence-corrected chi connectivity index (χ2v) is 3.87. The second-order valence-electron chi connectivity index (χ2n) is 2.96. The number of benzene rings is 1. The van der Waals surface area contributed by atoms with E-state index in [-0.39, 0.29) is 6.54 Å². The summed E-state index contributed by atoms with van der Waals surface area (Å²) in [5.74, 6) is -0.727. The van der Waals surface area contributed by atoms with Crippen molar-refractivity contribution in [1.29, 1.82) is 0 Å². The van der Waals surface area contributed by atoms with Crippen LogP contribution in [0.4, 0.5) is 4.39 Å². The monoisotopic (exact) mass is 285 g/mol. The summed E-state index contributed by atoms with van der Waals surface area (Å²) in [5.41, 5.74) is 8.45. The first-order chi connectivity index (χ1) is 7.65. The molecule has 0 heterocycles.